The lowest BCUT2D eigenvalue weighted by atomic mass is 10.3. The summed E-state index contributed by atoms with van der Waals surface area (Å²) < 4.78 is 3.78. The smallest absolute Gasteiger partial charge is 0.102 e. The molecule has 2 rings (SSSR count). The van der Waals surface area contributed by atoms with Crippen molar-refractivity contribution in [3.8, 4) is 0 Å². The monoisotopic (exact) mass is 509 g/mol. The molecule has 0 atom stereocenters. The van der Waals surface area contributed by atoms with Crippen LogP contribution in [0.3, 0.4) is 0 Å². The Morgan fingerprint density at radius 3 is 2.05 bits per heavy atom. The van der Waals surface area contributed by atoms with E-state index in [0.717, 1.165) is 29.3 Å². The minimum atomic E-state index is 0.754. The van der Waals surface area contributed by atoms with Gasteiger partial charge in [-0.2, -0.15) is 0 Å². The van der Waals surface area contributed by atoms with Crippen molar-refractivity contribution < 1.29 is 0 Å². The zero-order valence-corrected chi connectivity index (χ0v) is 15.7. The molecule has 0 aliphatic rings. The molecule has 0 radical (unpaired) electrons. The topological polar surface area (TPSA) is 36.8 Å². The summed E-state index contributed by atoms with van der Waals surface area (Å²) in [5, 5.41) is 8.10. The molecule has 2 aromatic rings. The van der Waals surface area contributed by atoms with E-state index in [1.807, 2.05) is 36.4 Å². The molecule has 0 aromatic heterocycles. The molecule has 2 aromatic carbocycles. The summed E-state index contributed by atoms with van der Waals surface area (Å²) in [6.07, 6.45) is 0. The first-order valence-electron chi connectivity index (χ1n) is 5.13. The van der Waals surface area contributed by atoms with Crippen molar-refractivity contribution in [3.63, 3.8) is 0 Å². The molecule has 19 heavy (non-hydrogen) atoms. The predicted molar refractivity (Wildman–Crippen MR) is 91.8 cm³/mol. The van der Waals surface area contributed by atoms with Gasteiger partial charge in [-0.25, -0.2) is 0 Å². The van der Waals surface area contributed by atoms with Gasteiger partial charge in [0.15, 0.2) is 0 Å². The van der Waals surface area contributed by atoms with E-state index in [0.29, 0.717) is 0 Å². The van der Waals surface area contributed by atoms with Gasteiger partial charge in [-0.1, -0.05) is 37.1 Å². The highest BCUT2D eigenvalue weighted by Crippen LogP contribution is 2.29. The van der Waals surface area contributed by atoms with Gasteiger partial charge in [0.05, 0.1) is 5.69 Å². The van der Waals surface area contributed by atoms with E-state index in [4.69, 9.17) is 0 Å². The summed E-state index contributed by atoms with van der Waals surface area (Å²) in [5.41, 5.74) is 4.49. The van der Waals surface area contributed by atoms with Crippen molar-refractivity contribution in [1.82, 2.24) is 0 Å². The van der Waals surface area contributed by atoms with Gasteiger partial charge in [-0.15, -0.1) is 5.11 Å². The molecular weight excluding hydrogens is 506 g/mol. The Hall–Kier alpha value is -0.240. The van der Waals surface area contributed by atoms with Crippen LogP contribution in [-0.2, 0) is 0 Å². The van der Waals surface area contributed by atoms with Gasteiger partial charge >= 0.3 is 0 Å². The lowest BCUT2D eigenvalue weighted by molar-refractivity contribution is 1.12. The van der Waals surface area contributed by atoms with Crippen LogP contribution in [0.1, 0.15) is 0 Å². The average molecular weight is 513 g/mol. The van der Waals surface area contributed by atoms with Crippen LogP contribution in [0.15, 0.2) is 64.6 Å². The van der Waals surface area contributed by atoms with Gasteiger partial charge in [0.1, 0.15) is 5.69 Å². The molecular formula is C12H7Br4N3. The number of halogens is 4. The standard InChI is InChI=1S/C12H7Br4N3/c13-7-1-3-11(9(15)5-7)17-19-18-12-4-2-8(14)6-10(12)16/h1-6H,(H,17,18). The second kappa shape index (κ2) is 6.97. The predicted octanol–water partition coefficient (Wildman–Crippen LogP) is 6.85. The van der Waals surface area contributed by atoms with E-state index in [1.165, 1.54) is 0 Å². The molecule has 98 valence electrons. The van der Waals surface area contributed by atoms with Crippen molar-refractivity contribution in [2.24, 2.45) is 10.3 Å². The fourth-order valence-corrected chi connectivity index (χ4v) is 3.54. The van der Waals surface area contributed by atoms with Crippen molar-refractivity contribution in [2.45, 2.75) is 0 Å². The Kier molecular flexibility index (Phi) is 5.56. The highest BCUT2D eigenvalue weighted by Gasteiger charge is 2.00. The molecule has 0 aliphatic carbocycles. The van der Waals surface area contributed by atoms with Crippen LogP contribution in [-0.4, -0.2) is 0 Å². The summed E-state index contributed by atoms with van der Waals surface area (Å²) >= 11 is 13.7. The minimum Gasteiger partial charge on any atom is -0.259 e. The maximum Gasteiger partial charge on any atom is 0.102 e. The van der Waals surface area contributed by atoms with Crippen molar-refractivity contribution in [3.05, 3.63) is 54.3 Å². The Balaban J connectivity index is 2.11. The fraction of sp³-hybridized carbons (Fsp3) is 0. The largest absolute Gasteiger partial charge is 0.259 e. The molecule has 0 fully saturated rings. The third kappa shape index (κ3) is 4.37. The highest BCUT2D eigenvalue weighted by molar-refractivity contribution is 9.11. The summed E-state index contributed by atoms with van der Waals surface area (Å²) in [6, 6.07) is 11.5. The van der Waals surface area contributed by atoms with Gasteiger partial charge in [0, 0.05) is 17.9 Å². The lowest BCUT2D eigenvalue weighted by Crippen LogP contribution is -1.87. The molecule has 0 unspecified atom stereocenters. The van der Waals surface area contributed by atoms with Gasteiger partial charge in [0.2, 0.25) is 0 Å². The van der Waals surface area contributed by atoms with E-state index in [2.05, 4.69) is 79.5 Å². The molecule has 0 heterocycles. The first kappa shape index (κ1) is 15.2. The van der Waals surface area contributed by atoms with Gasteiger partial charge in [-0.3, -0.25) is 5.43 Å². The molecule has 0 amide bonds. The van der Waals surface area contributed by atoms with Gasteiger partial charge in [0.25, 0.3) is 0 Å². The van der Waals surface area contributed by atoms with Crippen molar-refractivity contribution >= 4 is 75.1 Å². The Labute approximate surface area is 144 Å². The van der Waals surface area contributed by atoms with E-state index in [1.54, 1.807) is 0 Å². The van der Waals surface area contributed by atoms with Crippen LogP contribution in [0, 0.1) is 0 Å². The van der Waals surface area contributed by atoms with Crippen LogP contribution in [0.25, 0.3) is 0 Å². The summed E-state index contributed by atoms with van der Waals surface area (Å²) in [6.45, 7) is 0. The van der Waals surface area contributed by atoms with Gasteiger partial charge in [-0.05, 0) is 68.3 Å². The van der Waals surface area contributed by atoms with Crippen molar-refractivity contribution in [1.29, 1.82) is 0 Å². The van der Waals surface area contributed by atoms with Crippen LogP contribution < -0.4 is 5.43 Å². The van der Waals surface area contributed by atoms with Crippen LogP contribution in [0.4, 0.5) is 11.4 Å². The molecule has 0 spiro atoms. The first-order chi connectivity index (χ1) is 9.06. The Morgan fingerprint density at radius 2 is 1.42 bits per heavy atom. The first-order valence-corrected chi connectivity index (χ1v) is 8.30. The average Bonchev–Trinajstić information content (AvgIpc) is 2.34. The third-order valence-electron chi connectivity index (χ3n) is 2.17. The maximum absolute atomic E-state index is 4.12. The highest BCUT2D eigenvalue weighted by atomic mass is 79.9. The van der Waals surface area contributed by atoms with E-state index in [9.17, 15) is 0 Å². The number of nitrogens with zero attached hydrogens (tertiary/aromatic N) is 2. The maximum atomic E-state index is 4.12. The summed E-state index contributed by atoms with van der Waals surface area (Å²) in [7, 11) is 0. The van der Waals surface area contributed by atoms with Crippen LogP contribution in [0.5, 0.6) is 0 Å². The number of hydrogen-bond donors (Lipinski definition) is 1. The molecule has 0 bridgehead atoms. The normalized spacial score (nSPS) is 10.9. The quantitative estimate of drug-likeness (QED) is 0.354. The Bertz CT molecular complexity index is 628. The minimum absolute atomic E-state index is 0.754. The molecule has 0 aliphatic heterocycles. The number of nitrogens with one attached hydrogen (secondary N) is 1. The number of benzene rings is 2. The van der Waals surface area contributed by atoms with Crippen LogP contribution in [0.2, 0.25) is 0 Å². The SMILES string of the molecule is Brc1ccc(N=NNc2ccc(Br)cc2Br)c(Br)c1. The Morgan fingerprint density at radius 1 is 0.789 bits per heavy atom. The van der Waals surface area contributed by atoms with Gasteiger partial charge < -0.3 is 0 Å². The lowest BCUT2D eigenvalue weighted by Gasteiger charge is -2.03. The van der Waals surface area contributed by atoms with E-state index < -0.39 is 0 Å². The zero-order valence-electron chi connectivity index (χ0n) is 9.37. The van der Waals surface area contributed by atoms with E-state index >= 15 is 0 Å². The zero-order chi connectivity index (χ0) is 13.8. The number of hydrogen-bond acceptors (Lipinski definition) is 2. The number of anilines is 1. The molecule has 1 N–H and O–H groups in total. The van der Waals surface area contributed by atoms with E-state index in [-0.39, 0.29) is 0 Å². The molecule has 0 saturated carbocycles. The second-order valence-corrected chi connectivity index (χ2v) is 7.07. The van der Waals surface area contributed by atoms with Crippen LogP contribution >= 0.6 is 63.7 Å². The summed E-state index contributed by atoms with van der Waals surface area (Å²) in [5.74, 6) is 0. The molecule has 7 heteroatoms. The third-order valence-corrected chi connectivity index (χ3v) is 4.45. The number of rotatable bonds is 3. The molecule has 0 saturated heterocycles. The second-order valence-electron chi connectivity index (χ2n) is 3.53. The summed E-state index contributed by atoms with van der Waals surface area (Å²) in [4.78, 5) is 0. The molecule has 3 nitrogen and oxygen atoms in total. The van der Waals surface area contributed by atoms with Crippen molar-refractivity contribution in [2.75, 3.05) is 5.43 Å². The fourth-order valence-electron chi connectivity index (χ4n) is 1.28.